The highest BCUT2D eigenvalue weighted by atomic mass is 32.2. The fourth-order valence-corrected chi connectivity index (χ4v) is 2.35. The first-order valence-corrected chi connectivity index (χ1v) is 7.02. The van der Waals surface area contributed by atoms with Crippen molar-refractivity contribution in [3.8, 4) is 0 Å². The van der Waals surface area contributed by atoms with Crippen molar-refractivity contribution in [3.05, 3.63) is 57.9 Å². The van der Waals surface area contributed by atoms with Crippen molar-refractivity contribution in [2.75, 3.05) is 6.61 Å². The molecule has 0 spiro atoms. The first-order chi connectivity index (χ1) is 8.81. The number of hydrogen-bond acceptors (Lipinski definition) is 3. The molecule has 1 aromatic carbocycles. The Kier molecular flexibility index (Phi) is 4.65. The van der Waals surface area contributed by atoms with Crippen molar-refractivity contribution in [1.29, 1.82) is 0 Å². The maximum atomic E-state index is 5.25. The number of hydrogen-bond donors (Lipinski definition) is 0. The van der Waals surface area contributed by atoms with E-state index in [1.54, 1.807) is 11.8 Å². The van der Waals surface area contributed by atoms with Gasteiger partial charge in [-0.05, 0) is 36.7 Å². The summed E-state index contributed by atoms with van der Waals surface area (Å²) in [5, 5.41) is 8.50. The third-order valence-corrected chi connectivity index (χ3v) is 3.41. The molecular weight excluding hydrogens is 242 g/mol. The first kappa shape index (κ1) is 13.0. The molecule has 0 unspecified atom stereocenters. The molecule has 1 aliphatic rings. The van der Waals surface area contributed by atoms with E-state index in [1.165, 1.54) is 11.1 Å². The molecule has 0 atom stereocenters. The van der Waals surface area contributed by atoms with Crippen LogP contribution < -0.4 is 0 Å². The first-order valence-electron chi connectivity index (χ1n) is 6.08. The van der Waals surface area contributed by atoms with Gasteiger partial charge in [-0.15, -0.1) is 11.8 Å². The smallest absolute Gasteiger partial charge is 0.114 e. The monoisotopic (exact) mass is 259 g/mol. The third-order valence-electron chi connectivity index (χ3n) is 2.64. The molecule has 0 bridgehead atoms. The summed E-state index contributed by atoms with van der Waals surface area (Å²) >= 11 is 1.68. The predicted octanol–water partition coefficient (Wildman–Crippen LogP) is 4.27. The largest absolute Gasteiger partial charge is 0.396 e. The average molecular weight is 259 g/mol. The second-order valence-electron chi connectivity index (χ2n) is 4.08. The van der Waals surface area contributed by atoms with Gasteiger partial charge in [0.2, 0.25) is 0 Å². The lowest BCUT2D eigenvalue weighted by atomic mass is 10.0. The van der Waals surface area contributed by atoms with Crippen LogP contribution in [0.3, 0.4) is 0 Å². The molecule has 0 aliphatic carbocycles. The Bertz CT molecular complexity index is 486. The van der Waals surface area contributed by atoms with E-state index in [1.807, 2.05) is 6.92 Å². The van der Waals surface area contributed by atoms with Crippen LogP contribution in [-0.4, -0.2) is 12.3 Å². The van der Waals surface area contributed by atoms with Gasteiger partial charge in [0, 0.05) is 5.56 Å². The van der Waals surface area contributed by atoms with E-state index in [9.17, 15) is 0 Å². The van der Waals surface area contributed by atoms with Gasteiger partial charge in [-0.1, -0.05) is 41.1 Å². The summed E-state index contributed by atoms with van der Waals surface area (Å²) in [6.45, 7) is 4.62. The predicted molar refractivity (Wildman–Crippen MR) is 78.8 cm³/mol. The highest BCUT2D eigenvalue weighted by Crippen LogP contribution is 2.23. The SMILES string of the molecule is CCO/N=C(\C1=CSC=CC1)c1ccc(C)cc1. The van der Waals surface area contributed by atoms with Crippen LogP contribution in [0, 0.1) is 6.92 Å². The Morgan fingerprint density at radius 1 is 1.33 bits per heavy atom. The summed E-state index contributed by atoms with van der Waals surface area (Å²) in [7, 11) is 0. The Hall–Kier alpha value is -1.48. The van der Waals surface area contributed by atoms with Gasteiger partial charge in [-0.2, -0.15) is 0 Å². The van der Waals surface area contributed by atoms with Crippen molar-refractivity contribution >= 4 is 17.5 Å². The topological polar surface area (TPSA) is 21.6 Å². The number of rotatable bonds is 4. The van der Waals surface area contributed by atoms with Crippen molar-refractivity contribution in [2.24, 2.45) is 5.16 Å². The van der Waals surface area contributed by atoms with E-state index in [0.29, 0.717) is 6.61 Å². The van der Waals surface area contributed by atoms with Gasteiger partial charge in [-0.25, -0.2) is 0 Å². The highest BCUT2D eigenvalue weighted by Gasteiger charge is 2.11. The fourth-order valence-electron chi connectivity index (χ4n) is 1.69. The van der Waals surface area contributed by atoms with E-state index >= 15 is 0 Å². The van der Waals surface area contributed by atoms with Crippen molar-refractivity contribution in [3.63, 3.8) is 0 Å². The molecule has 0 amide bonds. The Balaban J connectivity index is 2.30. The van der Waals surface area contributed by atoms with Crippen molar-refractivity contribution < 1.29 is 4.84 Å². The molecule has 94 valence electrons. The minimum absolute atomic E-state index is 0.589. The fraction of sp³-hybridized carbons (Fsp3) is 0.267. The lowest BCUT2D eigenvalue weighted by Crippen LogP contribution is -2.07. The van der Waals surface area contributed by atoms with Gasteiger partial charge in [-0.3, -0.25) is 0 Å². The molecule has 3 heteroatoms. The molecule has 0 fully saturated rings. The number of aryl methyl sites for hydroxylation is 1. The summed E-state index contributed by atoms with van der Waals surface area (Å²) in [5.41, 5.74) is 4.51. The molecule has 0 radical (unpaired) electrons. The molecule has 2 rings (SSSR count). The van der Waals surface area contributed by atoms with Crippen LogP contribution in [0.15, 0.2) is 51.9 Å². The van der Waals surface area contributed by atoms with Gasteiger partial charge in [0.1, 0.15) is 12.3 Å². The summed E-state index contributed by atoms with van der Waals surface area (Å²) in [5.74, 6) is 0. The standard InChI is InChI=1S/C15H17NOS/c1-3-17-16-15(14-5-4-10-18-11-14)13-8-6-12(2)7-9-13/h4,6-11H,3,5H2,1-2H3/b16-15-. The maximum absolute atomic E-state index is 5.25. The Labute approximate surface area is 112 Å². The zero-order valence-corrected chi connectivity index (χ0v) is 11.5. The van der Waals surface area contributed by atoms with Crippen LogP contribution in [0.5, 0.6) is 0 Å². The molecule has 0 saturated heterocycles. The quantitative estimate of drug-likeness (QED) is 0.595. The van der Waals surface area contributed by atoms with Crippen LogP contribution in [-0.2, 0) is 4.84 Å². The zero-order chi connectivity index (χ0) is 12.8. The molecule has 0 saturated carbocycles. The maximum Gasteiger partial charge on any atom is 0.114 e. The van der Waals surface area contributed by atoms with Crippen molar-refractivity contribution in [2.45, 2.75) is 20.3 Å². The van der Waals surface area contributed by atoms with E-state index in [2.05, 4.69) is 53.2 Å². The van der Waals surface area contributed by atoms with Crippen LogP contribution in [0.1, 0.15) is 24.5 Å². The van der Waals surface area contributed by atoms with Crippen LogP contribution in [0.25, 0.3) is 0 Å². The summed E-state index contributed by atoms with van der Waals surface area (Å²) in [4.78, 5) is 5.25. The van der Waals surface area contributed by atoms with Crippen LogP contribution in [0.4, 0.5) is 0 Å². The lowest BCUT2D eigenvalue weighted by molar-refractivity contribution is 0.159. The lowest BCUT2D eigenvalue weighted by Gasteiger charge is -2.11. The second kappa shape index (κ2) is 6.45. The molecule has 0 aromatic heterocycles. The average Bonchev–Trinajstić information content (AvgIpc) is 2.42. The van der Waals surface area contributed by atoms with Gasteiger partial charge in [0.05, 0.1) is 0 Å². The Morgan fingerprint density at radius 2 is 2.11 bits per heavy atom. The number of nitrogens with zero attached hydrogens (tertiary/aromatic N) is 1. The van der Waals surface area contributed by atoms with Crippen LogP contribution >= 0.6 is 11.8 Å². The number of allylic oxidation sites excluding steroid dienone is 2. The molecular formula is C15H17NOS. The zero-order valence-electron chi connectivity index (χ0n) is 10.7. The molecule has 0 N–H and O–H groups in total. The van der Waals surface area contributed by atoms with E-state index in [-0.39, 0.29) is 0 Å². The summed E-state index contributed by atoms with van der Waals surface area (Å²) < 4.78 is 0. The molecule has 1 heterocycles. The third kappa shape index (κ3) is 3.26. The molecule has 1 aromatic rings. The van der Waals surface area contributed by atoms with Gasteiger partial charge < -0.3 is 4.84 Å². The normalized spacial score (nSPS) is 15.4. The minimum Gasteiger partial charge on any atom is -0.396 e. The minimum atomic E-state index is 0.589. The number of oxime groups is 1. The highest BCUT2D eigenvalue weighted by molar-refractivity contribution is 8.05. The summed E-state index contributed by atoms with van der Waals surface area (Å²) in [6, 6.07) is 8.39. The number of benzene rings is 1. The van der Waals surface area contributed by atoms with Gasteiger partial charge in [0.15, 0.2) is 0 Å². The second-order valence-corrected chi connectivity index (χ2v) is 4.86. The van der Waals surface area contributed by atoms with Gasteiger partial charge in [0.25, 0.3) is 0 Å². The van der Waals surface area contributed by atoms with Gasteiger partial charge >= 0.3 is 0 Å². The molecule has 1 aliphatic heterocycles. The van der Waals surface area contributed by atoms with E-state index in [4.69, 9.17) is 4.84 Å². The van der Waals surface area contributed by atoms with E-state index < -0.39 is 0 Å². The summed E-state index contributed by atoms with van der Waals surface area (Å²) in [6.07, 6.45) is 3.06. The molecule has 18 heavy (non-hydrogen) atoms. The van der Waals surface area contributed by atoms with E-state index in [0.717, 1.165) is 17.7 Å². The number of thioether (sulfide) groups is 1. The Morgan fingerprint density at radius 3 is 2.72 bits per heavy atom. The van der Waals surface area contributed by atoms with Crippen LogP contribution in [0.2, 0.25) is 0 Å². The van der Waals surface area contributed by atoms with Crippen molar-refractivity contribution in [1.82, 2.24) is 0 Å². The molecule has 2 nitrogen and oxygen atoms in total.